The molecule has 1 amide bonds. The Morgan fingerprint density at radius 2 is 1.90 bits per heavy atom. The van der Waals surface area contributed by atoms with Gasteiger partial charge in [-0.1, -0.05) is 12.5 Å². The summed E-state index contributed by atoms with van der Waals surface area (Å²) in [6, 6.07) is 8.17. The number of benzene rings is 2. The molecule has 1 saturated heterocycles. The van der Waals surface area contributed by atoms with Crippen molar-refractivity contribution in [3.63, 3.8) is 0 Å². The summed E-state index contributed by atoms with van der Waals surface area (Å²) < 4.78 is 56.2. The first-order chi connectivity index (χ1) is 13.8. The van der Waals surface area contributed by atoms with Crippen LogP contribution >= 0.6 is 0 Å². The summed E-state index contributed by atoms with van der Waals surface area (Å²) in [7, 11) is -2.16. The van der Waals surface area contributed by atoms with Crippen molar-refractivity contribution in [2.45, 2.75) is 30.6 Å². The molecule has 0 saturated carbocycles. The van der Waals surface area contributed by atoms with Crippen molar-refractivity contribution in [3.8, 4) is 0 Å². The zero-order valence-corrected chi connectivity index (χ0v) is 16.7. The average molecular weight is 421 g/mol. The lowest BCUT2D eigenvalue weighted by atomic mass is 10.2. The normalized spacial score (nSPS) is 16.5. The number of halogens is 2. The maximum absolute atomic E-state index is 13.8. The summed E-state index contributed by atoms with van der Waals surface area (Å²) in [5.74, 6) is -2.11. The second-order valence-electron chi connectivity index (χ2n) is 6.82. The molecule has 0 bridgehead atoms. The molecule has 0 atom stereocenters. The molecule has 1 fully saturated rings. The van der Waals surface area contributed by atoms with Crippen molar-refractivity contribution in [2.75, 3.05) is 18.9 Å². The first kappa shape index (κ1) is 20.9. The van der Waals surface area contributed by atoms with Crippen molar-refractivity contribution >= 4 is 27.5 Å². The van der Waals surface area contributed by atoms with Gasteiger partial charge in [0.15, 0.2) is 0 Å². The quantitative estimate of drug-likeness (QED) is 0.814. The maximum atomic E-state index is 13.8. The predicted octanol–water partition coefficient (Wildman–Crippen LogP) is 3.81. The zero-order valence-electron chi connectivity index (χ0n) is 15.9. The lowest BCUT2D eigenvalue weighted by Gasteiger charge is -2.17. The van der Waals surface area contributed by atoms with Crippen LogP contribution in [0.25, 0.3) is 0 Å². The third-order valence-corrected chi connectivity index (χ3v) is 5.93. The number of rotatable bonds is 4. The highest BCUT2D eigenvalue weighted by Gasteiger charge is 2.19. The molecular weight excluding hydrogens is 400 g/mol. The van der Waals surface area contributed by atoms with Gasteiger partial charge in [-0.05, 0) is 43.2 Å². The Kier molecular flexibility index (Phi) is 6.26. The van der Waals surface area contributed by atoms with Crippen molar-refractivity contribution in [3.05, 3.63) is 59.7 Å². The molecule has 0 unspecified atom stereocenters. The first-order valence-corrected chi connectivity index (χ1v) is 10.6. The number of nitrogens with one attached hydrogen (secondary N) is 1. The van der Waals surface area contributed by atoms with E-state index in [1.807, 2.05) is 11.9 Å². The molecule has 0 aliphatic carbocycles. The van der Waals surface area contributed by atoms with E-state index in [1.165, 1.54) is 24.3 Å². The SMILES string of the molecule is CN1CCCCC/C1=N/S(=O)(=O)c1cccc(NC(=O)c2ccc(F)cc2F)c1. The van der Waals surface area contributed by atoms with Crippen LogP contribution < -0.4 is 5.32 Å². The molecule has 0 radical (unpaired) electrons. The lowest BCUT2D eigenvalue weighted by molar-refractivity contribution is 0.102. The summed E-state index contributed by atoms with van der Waals surface area (Å²) in [6.07, 6.45) is 3.45. The number of anilines is 1. The highest BCUT2D eigenvalue weighted by atomic mass is 32.2. The van der Waals surface area contributed by atoms with E-state index in [-0.39, 0.29) is 16.1 Å². The van der Waals surface area contributed by atoms with Gasteiger partial charge in [0.2, 0.25) is 0 Å². The van der Waals surface area contributed by atoms with E-state index in [0.717, 1.165) is 37.9 Å². The zero-order chi connectivity index (χ0) is 21.0. The van der Waals surface area contributed by atoms with Crippen molar-refractivity contribution in [1.82, 2.24) is 4.90 Å². The highest BCUT2D eigenvalue weighted by molar-refractivity contribution is 7.90. The Morgan fingerprint density at radius 3 is 2.66 bits per heavy atom. The molecule has 0 spiro atoms. The first-order valence-electron chi connectivity index (χ1n) is 9.18. The van der Waals surface area contributed by atoms with E-state index in [2.05, 4.69) is 9.71 Å². The van der Waals surface area contributed by atoms with Gasteiger partial charge in [-0.2, -0.15) is 8.42 Å². The Balaban J connectivity index is 1.84. The molecule has 154 valence electrons. The Bertz CT molecular complexity index is 1050. The molecular formula is C20H21F2N3O3S. The Hall–Kier alpha value is -2.81. The van der Waals surface area contributed by atoms with Crippen LogP contribution in [0.5, 0.6) is 0 Å². The number of amides is 1. The third kappa shape index (κ3) is 5.17. The van der Waals surface area contributed by atoms with Crippen molar-refractivity contribution in [1.29, 1.82) is 0 Å². The molecule has 6 nitrogen and oxygen atoms in total. The van der Waals surface area contributed by atoms with Crippen LogP contribution in [0.1, 0.15) is 36.0 Å². The summed E-state index contributed by atoms with van der Waals surface area (Å²) in [6.45, 7) is 0.744. The van der Waals surface area contributed by atoms with Gasteiger partial charge in [0.05, 0.1) is 10.5 Å². The molecule has 3 rings (SSSR count). The van der Waals surface area contributed by atoms with Gasteiger partial charge in [-0.25, -0.2) is 8.78 Å². The second-order valence-corrected chi connectivity index (χ2v) is 8.43. The minimum atomic E-state index is -3.97. The minimum absolute atomic E-state index is 0.0833. The fourth-order valence-electron chi connectivity index (χ4n) is 3.04. The number of nitrogens with zero attached hydrogens (tertiary/aromatic N) is 2. The van der Waals surface area contributed by atoms with E-state index < -0.39 is 27.6 Å². The number of carbonyl (C=O) groups excluding carboxylic acids is 1. The van der Waals surface area contributed by atoms with E-state index >= 15 is 0 Å². The van der Waals surface area contributed by atoms with Crippen LogP contribution in [-0.2, 0) is 10.0 Å². The van der Waals surface area contributed by atoms with Gasteiger partial charge in [0.25, 0.3) is 15.9 Å². The molecule has 29 heavy (non-hydrogen) atoms. The summed E-state index contributed by atoms with van der Waals surface area (Å²) in [5, 5.41) is 2.43. The Morgan fingerprint density at radius 1 is 1.10 bits per heavy atom. The molecule has 1 aliphatic heterocycles. The fourth-order valence-corrected chi connectivity index (χ4v) is 4.18. The van der Waals surface area contributed by atoms with Gasteiger partial charge in [0, 0.05) is 31.8 Å². The predicted molar refractivity (Wildman–Crippen MR) is 106 cm³/mol. The van der Waals surface area contributed by atoms with Gasteiger partial charge in [0.1, 0.15) is 17.5 Å². The van der Waals surface area contributed by atoms with Crippen molar-refractivity contribution in [2.24, 2.45) is 4.40 Å². The number of hydrogen-bond acceptors (Lipinski definition) is 3. The molecule has 2 aromatic rings. The van der Waals surface area contributed by atoms with Crippen LogP contribution in [0.3, 0.4) is 0 Å². The lowest BCUT2D eigenvalue weighted by Crippen LogP contribution is -2.26. The van der Waals surface area contributed by atoms with Gasteiger partial charge in [-0.3, -0.25) is 4.79 Å². The van der Waals surface area contributed by atoms with Gasteiger partial charge >= 0.3 is 0 Å². The Labute approximate surface area is 168 Å². The smallest absolute Gasteiger partial charge is 0.284 e. The van der Waals surface area contributed by atoms with E-state index in [9.17, 15) is 22.0 Å². The number of sulfonamides is 1. The largest absolute Gasteiger partial charge is 0.362 e. The van der Waals surface area contributed by atoms with Gasteiger partial charge in [-0.15, -0.1) is 4.40 Å². The summed E-state index contributed by atoms with van der Waals surface area (Å²) >= 11 is 0. The number of hydrogen-bond donors (Lipinski definition) is 1. The van der Waals surface area contributed by atoms with E-state index in [0.29, 0.717) is 18.3 Å². The van der Waals surface area contributed by atoms with Crippen molar-refractivity contribution < 1.29 is 22.0 Å². The number of amidine groups is 1. The van der Waals surface area contributed by atoms with E-state index in [4.69, 9.17) is 0 Å². The summed E-state index contributed by atoms with van der Waals surface area (Å²) in [5.41, 5.74) is -0.186. The van der Waals surface area contributed by atoms with Crippen LogP contribution in [0, 0.1) is 11.6 Å². The molecule has 2 aromatic carbocycles. The summed E-state index contributed by atoms with van der Waals surface area (Å²) in [4.78, 5) is 14.0. The van der Waals surface area contributed by atoms with Crippen LogP contribution in [0.2, 0.25) is 0 Å². The standard InChI is InChI=1S/C20H21F2N3O3S/c1-25-11-4-2-3-8-19(25)24-29(27,28)16-7-5-6-15(13-16)23-20(26)17-10-9-14(21)12-18(17)22/h5-7,9-10,12-13H,2-4,8,11H2,1H3,(H,23,26)/b24-19-. The molecule has 1 N–H and O–H groups in total. The van der Waals surface area contributed by atoms with Crippen LogP contribution in [-0.4, -0.2) is 38.7 Å². The fraction of sp³-hybridized carbons (Fsp3) is 0.300. The average Bonchev–Trinajstić information content (AvgIpc) is 2.86. The molecule has 0 aromatic heterocycles. The molecule has 1 aliphatic rings. The highest BCUT2D eigenvalue weighted by Crippen LogP contribution is 2.21. The second kappa shape index (κ2) is 8.69. The minimum Gasteiger partial charge on any atom is -0.362 e. The molecule has 9 heteroatoms. The van der Waals surface area contributed by atoms with Crippen LogP contribution in [0.4, 0.5) is 14.5 Å². The number of carbonyl (C=O) groups is 1. The third-order valence-electron chi connectivity index (χ3n) is 4.63. The maximum Gasteiger partial charge on any atom is 0.284 e. The van der Waals surface area contributed by atoms with E-state index in [1.54, 1.807) is 0 Å². The van der Waals surface area contributed by atoms with Crippen LogP contribution in [0.15, 0.2) is 51.8 Å². The molecule has 1 heterocycles. The van der Waals surface area contributed by atoms with Gasteiger partial charge < -0.3 is 10.2 Å². The monoisotopic (exact) mass is 421 g/mol. The topological polar surface area (TPSA) is 78.8 Å². The number of likely N-dealkylation sites (tertiary alicyclic amines) is 1.